The molecule has 26 heavy (non-hydrogen) atoms. The fourth-order valence-electron chi connectivity index (χ4n) is 2.30. The van der Waals surface area contributed by atoms with Crippen molar-refractivity contribution in [3.8, 4) is 0 Å². The van der Waals surface area contributed by atoms with Gasteiger partial charge in [-0.05, 0) is 49.6 Å². The molecule has 0 aliphatic carbocycles. The van der Waals surface area contributed by atoms with Crippen LogP contribution in [0.25, 0.3) is 0 Å². The van der Waals surface area contributed by atoms with Gasteiger partial charge >= 0.3 is 6.03 Å². The van der Waals surface area contributed by atoms with E-state index in [2.05, 4.69) is 20.9 Å². The minimum absolute atomic E-state index is 0.220. The number of carbonyl (C=O) groups is 2. The summed E-state index contributed by atoms with van der Waals surface area (Å²) in [5.74, 6) is -0.220. The van der Waals surface area contributed by atoms with E-state index < -0.39 is 0 Å². The summed E-state index contributed by atoms with van der Waals surface area (Å²) < 4.78 is 0. The maximum Gasteiger partial charge on any atom is 0.319 e. The third-order valence-electron chi connectivity index (χ3n) is 3.63. The Kier molecular flexibility index (Phi) is 7.89. The van der Waals surface area contributed by atoms with E-state index in [4.69, 9.17) is 11.6 Å². The smallest absolute Gasteiger partial charge is 0.319 e. The summed E-state index contributed by atoms with van der Waals surface area (Å²) in [5.41, 5.74) is 1.92. The van der Waals surface area contributed by atoms with Gasteiger partial charge in [-0.1, -0.05) is 24.6 Å². The van der Waals surface area contributed by atoms with Gasteiger partial charge in [-0.3, -0.25) is 9.78 Å². The molecule has 0 radical (unpaired) electrons. The molecule has 0 saturated heterocycles. The van der Waals surface area contributed by atoms with Gasteiger partial charge in [0.2, 0.25) is 0 Å². The monoisotopic (exact) mass is 374 g/mol. The van der Waals surface area contributed by atoms with Gasteiger partial charge in [-0.25, -0.2) is 4.79 Å². The van der Waals surface area contributed by atoms with Crippen LogP contribution in [0.3, 0.4) is 0 Å². The highest BCUT2D eigenvalue weighted by molar-refractivity contribution is 6.34. The lowest BCUT2D eigenvalue weighted by molar-refractivity contribution is 0.0954. The van der Waals surface area contributed by atoms with Gasteiger partial charge < -0.3 is 16.0 Å². The second kappa shape index (κ2) is 10.4. The van der Waals surface area contributed by atoms with Crippen LogP contribution in [0.15, 0.2) is 42.6 Å². The molecule has 0 saturated carbocycles. The third-order valence-corrected chi connectivity index (χ3v) is 3.94. The number of halogens is 1. The predicted octanol–water partition coefficient (Wildman–Crippen LogP) is 3.63. The molecule has 1 aromatic heterocycles. The molecule has 1 heterocycles. The molecule has 0 fully saturated rings. The van der Waals surface area contributed by atoms with E-state index in [1.54, 1.807) is 24.4 Å². The van der Waals surface area contributed by atoms with Crippen LogP contribution in [0.5, 0.6) is 0 Å². The van der Waals surface area contributed by atoms with Gasteiger partial charge in [-0.2, -0.15) is 0 Å². The first kappa shape index (κ1) is 19.7. The summed E-state index contributed by atoms with van der Waals surface area (Å²) >= 11 is 6.14. The van der Waals surface area contributed by atoms with Gasteiger partial charge in [0.25, 0.3) is 5.91 Å². The van der Waals surface area contributed by atoms with E-state index >= 15 is 0 Å². The van der Waals surface area contributed by atoms with Crippen LogP contribution in [0.4, 0.5) is 10.5 Å². The zero-order chi connectivity index (χ0) is 18.8. The Morgan fingerprint density at radius 1 is 1.12 bits per heavy atom. The number of hydrogen-bond donors (Lipinski definition) is 3. The maximum atomic E-state index is 11.9. The standard InChI is InChI=1S/C19H23ClN4O2/c1-2-10-22-18(25)16-9-8-15(13-17(16)20)24-19(26)23-12-5-7-14-6-3-4-11-21-14/h3-4,6,8-9,11,13H,2,5,7,10,12H2,1H3,(H,22,25)(H2,23,24,26). The van der Waals surface area contributed by atoms with Crippen molar-refractivity contribution in [2.45, 2.75) is 26.2 Å². The molecule has 0 aliphatic rings. The third kappa shape index (κ3) is 6.37. The average Bonchev–Trinajstić information content (AvgIpc) is 2.64. The van der Waals surface area contributed by atoms with Gasteiger partial charge in [0.1, 0.15) is 0 Å². The number of nitrogens with one attached hydrogen (secondary N) is 3. The van der Waals surface area contributed by atoms with Crippen LogP contribution in [0.2, 0.25) is 5.02 Å². The molecule has 0 unspecified atom stereocenters. The van der Waals surface area contributed by atoms with Crippen LogP contribution in [-0.4, -0.2) is 30.0 Å². The quantitative estimate of drug-likeness (QED) is 0.617. The van der Waals surface area contributed by atoms with Gasteiger partial charge in [0.05, 0.1) is 10.6 Å². The largest absolute Gasteiger partial charge is 0.352 e. The molecule has 138 valence electrons. The topological polar surface area (TPSA) is 83.1 Å². The highest BCUT2D eigenvalue weighted by Crippen LogP contribution is 2.21. The summed E-state index contributed by atoms with van der Waals surface area (Å²) in [7, 11) is 0. The van der Waals surface area contributed by atoms with E-state index in [9.17, 15) is 9.59 Å². The number of pyridine rings is 1. The Bertz CT molecular complexity index is 738. The normalized spacial score (nSPS) is 10.2. The van der Waals surface area contributed by atoms with Crippen molar-refractivity contribution in [2.24, 2.45) is 0 Å². The molecule has 2 rings (SSSR count). The molecular formula is C19H23ClN4O2. The molecule has 3 amide bonds. The number of amides is 3. The van der Waals surface area contributed by atoms with Gasteiger partial charge in [-0.15, -0.1) is 0 Å². The molecule has 0 spiro atoms. The minimum Gasteiger partial charge on any atom is -0.352 e. The molecule has 1 aromatic carbocycles. The molecule has 7 heteroatoms. The summed E-state index contributed by atoms with van der Waals surface area (Å²) in [4.78, 5) is 28.1. The predicted molar refractivity (Wildman–Crippen MR) is 104 cm³/mol. The molecule has 3 N–H and O–H groups in total. The second-order valence-corrected chi connectivity index (χ2v) is 6.16. The second-order valence-electron chi connectivity index (χ2n) is 5.76. The van der Waals surface area contributed by atoms with Crippen molar-refractivity contribution in [3.05, 3.63) is 58.9 Å². The number of carbonyl (C=O) groups excluding carboxylic acids is 2. The van der Waals surface area contributed by atoms with E-state index in [-0.39, 0.29) is 11.9 Å². The van der Waals surface area contributed by atoms with Crippen LogP contribution >= 0.6 is 11.6 Å². The molecular weight excluding hydrogens is 352 g/mol. The number of aryl methyl sites for hydroxylation is 1. The Morgan fingerprint density at radius 2 is 1.96 bits per heavy atom. The van der Waals surface area contributed by atoms with Gasteiger partial charge in [0.15, 0.2) is 0 Å². The summed E-state index contributed by atoms with van der Waals surface area (Å²) in [6.45, 7) is 3.10. The Labute approximate surface area is 158 Å². The van der Waals surface area contributed by atoms with E-state index in [0.717, 1.165) is 25.0 Å². The van der Waals surface area contributed by atoms with Crippen molar-refractivity contribution in [3.63, 3.8) is 0 Å². The van der Waals surface area contributed by atoms with Crippen LogP contribution in [0, 0.1) is 0 Å². The van der Waals surface area contributed by atoms with Crippen molar-refractivity contribution < 1.29 is 9.59 Å². The summed E-state index contributed by atoms with van der Waals surface area (Å²) in [5, 5.41) is 8.56. The SMILES string of the molecule is CCCNC(=O)c1ccc(NC(=O)NCCCc2ccccn2)cc1Cl. The fourth-order valence-corrected chi connectivity index (χ4v) is 2.57. The maximum absolute atomic E-state index is 11.9. The highest BCUT2D eigenvalue weighted by atomic mass is 35.5. The number of anilines is 1. The van der Waals surface area contributed by atoms with Crippen molar-refractivity contribution in [2.75, 3.05) is 18.4 Å². The first-order valence-electron chi connectivity index (χ1n) is 8.62. The lowest BCUT2D eigenvalue weighted by Gasteiger charge is -2.10. The van der Waals surface area contributed by atoms with Crippen molar-refractivity contribution in [1.82, 2.24) is 15.6 Å². The number of nitrogens with zero attached hydrogens (tertiary/aromatic N) is 1. The van der Waals surface area contributed by atoms with Crippen molar-refractivity contribution in [1.29, 1.82) is 0 Å². The van der Waals surface area contributed by atoms with E-state index in [1.165, 1.54) is 0 Å². The number of benzene rings is 1. The summed E-state index contributed by atoms with van der Waals surface area (Å²) in [6, 6.07) is 10.3. The number of aromatic nitrogens is 1. The lowest BCUT2D eigenvalue weighted by Crippen LogP contribution is -2.30. The zero-order valence-corrected chi connectivity index (χ0v) is 15.5. The van der Waals surface area contributed by atoms with Gasteiger partial charge in [0, 0.05) is 30.7 Å². The highest BCUT2D eigenvalue weighted by Gasteiger charge is 2.11. The van der Waals surface area contributed by atoms with E-state index in [0.29, 0.717) is 29.4 Å². The minimum atomic E-state index is -0.315. The van der Waals surface area contributed by atoms with E-state index in [1.807, 2.05) is 25.1 Å². The number of hydrogen-bond acceptors (Lipinski definition) is 3. The first-order valence-corrected chi connectivity index (χ1v) is 9.00. The Balaban J connectivity index is 1.77. The van der Waals surface area contributed by atoms with Crippen LogP contribution in [-0.2, 0) is 6.42 Å². The zero-order valence-electron chi connectivity index (χ0n) is 14.7. The number of rotatable bonds is 8. The van der Waals surface area contributed by atoms with Crippen LogP contribution < -0.4 is 16.0 Å². The Hall–Kier alpha value is -2.60. The van der Waals surface area contributed by atoms with Crippen molar-refractivity contribution >= 4 is 29.2 Å². The number of urea groups is 1. The summed E-state index contributed by atoms with van der Waals surface area (Å²) in [6.07, 6.45) is 4.20. The molecule has 6 nitrogen and oxygen atoms in total. The average molecular weight is 375 g/mol. The molecule has 0 atom stereocenters. The lowest BCUT2D eigenvalue weighted by atomic mass is 10.2. The fraction of sp³-hybridized carbons (Fsp3) is 0.316. The molecule has 0 aliphatic heterocycles. The first-order chi connectivity index (χ1) is 12.6. The molecule has 2 aromatic rings. The Morgan fingerprint density at radius 3 is 2.65 bits per heavy atom. The van der Waals surface area contributed by atoms with Crippen LogP contribution in [0.1, 0.15) is 35.8 Å². The molecule has 0 bridgehead atoms.